The normalized spacial score (nSPS) is 10.7. The quantitative estimate of drug-likeness (QED) is 0.699. The molecular weight excluding hydrogens is 269 g/mol. The summed E-state index contributed by atoms with van der Waals surface area (Å²) < 4.78 is 41.2. The van der Waals surface area contributed by atoms with Crippen molar-refractivity contribution in [2.45, 2.75) is 13.3 Å². The van der Waals surface area contributed by atoms with E-state index in [-0.39, 0.29) is 17.8 Å². The van der Waals surface area contributed by atoms with Crippen molar-refractivity contribution in [1.29, 1.82) is 0 Å². The van der Waals surface area contributed by atoms with Crippen LogP contribution >= 0.6 is 0 Å². The maximum atomic E-state index is 13.4. The van der Waals surface area contributed by atoms with Crippen LogP contribution in [-0.2, 0) is 10.2 Å². The molecule has 19 heavy (non-hydrogen) atoms. The second-order valence-electron chi connectivity index (χ2n) is 3.70. The van der Waals surface area contributed by atoms with E-state index >= 15 is 0 Å². The Bertz CT molecular complexity index is 591. The topological polar surface area (TPSA) is 84.2 Å². The second kappa shape index (κ2) is 7.09. The van der Waals surface area contributed by atoms with Crippen molar-refractivity contribution in [3.63, 3.8) is 0 Å². The molecule has 0 aliphatic carbocycles. The molecule has 4 N–H and O–H groups in total. The van der Waals surface area contributed by atoms with Crippen molar-refractivity contribution in [2.24, 2.45) is 5.73 Å². The molecule has 0 radical (unpaired) electrons. The van der Waals surface area contributed by atoms with Crippen molar-refractivity contribution in [3.8, 4) is 11.8 Å². The van der Waals surface area contributed by atoms with Gasteiger partial charge in [-0.15, -0.1) is 0 Å². The van der Waals surface area contributed by atoms with E-state index in [0.29, 0.717) is 13.0 Å². The number of nitrogens with two attached hydrogens (primary N) is 1. The van der Waals surface area contributed by atoms with Gasteiger partial charge >= 0.3 is 0 Å². The van der Waals surface area contributed by atoms with Crippen molar-refractivity contribution in [2.75, 3.05) is 17.8 Å². The highest BCUT2D eigenvalue weighted by Gasteiger charge is 2.09. The maximum Gasteiger partial charge on any atom is 0.299 e. The predicted octanol–water partition coefficient (Wildman–Crippen LogP) is 0.792. The van der Waals surface area contributed by atoms with Gasteiger partial charge in [-0.2, -0.15) is 13.1 Å². The molecule has 0 saturated carbocycles. The molecule has 1 aromatic carbocycles. The molecule has 0 aromatic heterocycles. The summed E-state index contributed by atoms with van der Waals surface area (Å²) in [6.07, 6.45) is 0.678. The zero-order valence-corrected chi connectivity index (χ0v) is 11.3. The lowest BCUT2D eigenvalue weighted by molar-refractivity contribution is 0.586. The smallest absolute Gasteiger partial charge is 0.299 e. The number of benzene rings is 1. The molecule has 0 atom stereocenters. The summed E-state index contributed by atoms with van der Waals surface area (Å²) in [7, 11) is -3.64. The van der Waals surface area contributed by atoms with E-state index in [4.69, 9.17) is 5.73 Å². The summed E-state index contributed by atoms with van der Waals surface area (Å²) in [5, 5.41) is 0. The standard InChI is InChI=1S/C12H16FN3O2S/c1-2-8-15-19(17,18)16-11-5-6-12(13)10(9-11)4-3-7-14/h5-6,9,15-16H,2,7-8,14H2,1H3. The van der Waals surface area contributed by atoms with E-state index in [1.54, 1.807) is 0 Å². The molecule has 0 aliphatic rings. The van der Waals surface area contributed by atoms with Crippen LogP contribution in [0, 0.1) is 17.7 Å². The molecule has 0 aliphatic heterocycles. The lowest BCUT2D eigenvalue weighted by atomic mass is 10.2. The zero-order chi connectivity index (χ0) is 14.3. The molecule has 0 bridgehead atoms. The minimum absolute atomic E-state index is 0.0983. The Kier molecular flexibility index (Phi) is 5.76. The summed E-state index contributed by atoms with van der Waals surface area (Å²) in [5.41, 5.74) is 5.54. The first kappa shape index (κ1) is 15.4. The Morgan fingerprint density at radius 2 is 2.16 bits per heavy atom. The van der Waals surface area contributed by atoms with Gasteiger partial charge in [-0.25, -0.2) is 4.39 Å². The van der Waals surface area contributed by atoms with Gasteiger partial charge in [0.1, 0.15) is 5.82 Å². The van der Waals surface area contributed by atoms with Gasteiger partial charge in [0.2, 0.25) is 0 Å². The fourth-order valence-electron chi connectivity index (χ4n) is 1.26. The number of hydrogen-bond acceptors (Lipinski definition) is 3. The third-order valence-electron chi connectivity index (χ3n) is 2.09. The van der Waals surface area contributed by atoms with Gasteiger partial charge in [-0.3, -0.25) is 4.72 Å². The van der Waals surface area contributed by atoms with E-state index in [2.05, 4.69) is 21.3 Å². The molecule has 0 saturated heterocycles. The number of nitrogens with one attached hydrogen (secondary N) is 2. The van der Waals surface area contributed by atoms with Crippen LogP contribution in [0.1, 0.15) is 18.9 Å². The summed E-state index contributed by atoms with van der Waals surface area (Å²) in [6.45, 7) is 2.28. The SMILES string of the molecule is CCCNS(=O)(=O)Nc1ccc(F)c(C#CCN)c1. The van der Waals surface area contributed by atoms with Gasteiger partial charge in [0.15, 0.2) is 0 Å². The lowest BCUT2D eigenvalue weighted by Gasteiger charge is -2.09. The van der Waals surface area contributed by atoms with Crippen molar-refractivity contribution in [1.82, 2.24) is 4.72 Å². The first-order valence-electron chi connectivity index (χ1n) is 5.74. The van der Waals surface area contributed by atoms with Crippen LogP contribution in [0.2, 0.25) is 0 Å². The number of rotatable bonds is 5. The monoisotopic (exact) mass is 285 g/mol. The molecule has 1 rings (SSSR count). The molecule has 104 valence electrons. The molecule has 0 heterocycles. The van der Waals surface area contributed by atoms with E-state index in [1.165, 1.54) is 12.1 Å². The largest absolute Gasteiger partial charge is 0.320 e. The van der Waals surface area contributed by atoms with Crippen LogP contribution in [0.5, 0.6) is 0 Å². The van der Waals surface area contributed by atoms with Crippen LogP contribution in [0.15, 0.2) is 18.2 Å². The molecule has 0 unspecified atom stereocenters. The average Bonchev–Trinajstić information content (AvgIpc) is 2.37. The van der Waals surface area contributed by atoms with Gasteiger partial charge in [0, 0.05) is 6.54 Å². The van der Waals surface area contributed by atoms with Gasteiger partial charge in [0.25, 0.3) is 10.2 Å². The molecule has 7 heteroatoms. The van der Waals surface area contributed by atoms with E-state index in [0.717, 1.165) is 6.07 Å². The third-order valence-corrected chi connectivity index (χ3v) is 3.17. The number of halogens is 1. The number of anilines is 1. The van der Waals surface area contributed by atoms with E-state index in [9.17, 15) is 12.8 Å². The molecule has 0 amide bonds. The Hall–Kier alpha value is -1.62. The van der Waals surface area contributed by atoms with Crippen LogP contribution in [0.4, 0.5) is 10.1 Å². The van der Waals surface area contributed by atoms with Crippen molar-refractivity contribution < 1.29 is 12.8 Å². The molecule has 1 aromatic rings. The first-order valence-corrected chi connectivity index (χ1v) is 7.22. The van der Waals surface area contributed by atoms with Crippen molar-refractivity contribution >= 4 is 15.9 Å². The molecule has 0 spiro atoms. The Morgan fingerprint density at radius 3 is 2.79 bits per heavy atom. The fourth-order valence-corrected chi connectivity index (χ4v) is 2.24. The van der Waals surface area contributed by atoms with E-state index < -0.39 is 16.0 Å². The van der Waals surface area contributed by atoms with Gasteiger partial charge in [-0.1, -0.05) is 18.8 Å². The Morgan fingerprint density at radius 1 is 1.42 bits per heavy atom. The highest BCUT2D eigenvalue weighted by molar-refractivity contribution is 7.90. The van der Waals surface area contributed by atoms with E-state index in [1.807, 2.05) is 6.92 Å². The van der Waals surface area contributed by atoms with Gasteiger partial charge < -0.3 is 5.73 Å². The summed E-state index contributed by atoms with van der Waals surface area (Å²) in [5.74, 6) is 4.53. The Labute approximate surface area is 112 Å². The minimum atomic E-state index is -3.64. The van der Waals surface area contributed by atoms with Gasteiger partial charge in [0.05, 0.1) is 17.8 Å². The third kappa shape index (κ3) is 5.26. The second-order valence-corrected chi connectivity index (χ2v) is 5.20. The number of hydrogen-bond donors (Lipinski definition) is 3. The summed E-state index contributed by atoms with van der Waals surface area (Å²) in [6, 6.07) is 3.80. The first-order chi connectivity index (χ1) is 8.98. The highest BCUT2D eigenvalue weighted by atomic mass is 32.2. The average molecular weight is 285 g/mol. The summed E-state index contributed by atoms with van der Waals surface area (Å²) >= 11 is 0. The van der Waals surface area contributed by atoms with Crippen LogP contribution in [-0.4, -0.2) is 21.5 Å². The van der Waals surface area contributed by atoms with Gasteiger partial charge in [-0.05, 0) is 24.6 Å². The Balaban J connectivity index is 2.91. The van der Waals surface area contributed by atoms with Crippen molar-refractivity contribution in [3.05, 3.63) is 29.6 Å². The minimum Gasteiger partial charge on any atom is -0.320 e. The molecular formula is C12H16FN3O2S. The highest BCUT2D eigenvalue weighted by Crippen LogP contribution is 2.14. The van der Waals surface area contributed by atoms with Crippen LogP contribution in [0.25, 0.3) is 0 Å². The summed E-state index contributed by atoms with van der Waals surface area (Å²) in [4.78, 5) is 0. The van der Waals surface area contributed by atoms with Crippen LogP contribution in [0.3, 0.4) is 0 Å². The maximum absolute atomic E-state index is 13.4. The lowest BCUT2D eigenvalue weighted by Crippen LogP contribution is -2.30. The fraction of sp³-hybridized carbons (Fsp3) is 0.333. The van der Waals surface area contributed by atoms with Crippen LogP contribution < -0.4 is 15.2 Å². The zero-order valence-electron chi connectivity index (χ0n) is 10.5. The predicted molar refractivity (Wildman–Crippen MR) is 73.2 cm³/mol. The molecule has 5 nitrogen and oxygen atoms in total. The molecule has 0 fully saturated rings.